The molecule has 27 heavy (non-hydrogen) atoms. The third-order valence-corrected chi connectivity index (χ3v) is 5.29. The summed E-state index contributed by atoms with van der Waals surface area (Å²) in [4.78, 5) is 22.3. The molecule has 0 saturated carbocycles. The average molecular weight is 435 g/mol. The summed E-state index contributed by atoms with van der Waals surface area (Å²) in [6.07, 6.45) is 3.40. The number of hydrogen-bond acceptors (Lipinski definition) is 4. The van der Waals surface area contributed by atoms with Crippen molar-refractivity contribution in [2.75, 3.05) is 13.6 Å². The molecule has 1 aromatic carbocycles. The molecule has 3 rings (SSSR count). The van der Waals surface area contributed by atoms with Crippen molar-refractivity contribution in [3.63, 3.8) is 0 Å². The van der Waals surface area contributed by atoms with Gasteiger partial charge in [0.1, 0.15) is 11.4 Å². The van der Waals surface area contributed by atoms with Gasteiger partial charge in [0.25, 0.3) is 0 Å². The van der Waals surface area contributed by atoms with E-state index in [4.69, 9.17) is 4.74 Å². The number of benzene rings is 1. The van der Waals surface area contributed by atoms with E-state index in [2.05, 4.69) is 43.3 Å². The van der Waals surface area contributed by atoms with E-state index in [0.29, 0.717) is 6.54 Å². The maximum atomic E-state index is 12.5. The van der Waals surface area contributed by atoms with Gasteiger partial charge in [0.05, 0.1) is 17.9 Å². The molecule has 1 aliphatic rings. The maximum absolute atomic E-state index is 12.5. The zero-order valence-corrected chi connectivity index (χ0v) is 17.9. The number of amides is 1. The van der Waals surface area contributed by atoms with Crippen LogP contribution < -0.4 is 5.32 Å². The minimum Gasteiger partial charge on any atom is -0.444 e. The number of nitrogens with one attached hydrogen (secondary N) is 2. The van der Waals surface area contributed by atoms with Crippen LogP contribution in [0, 0.1) is 0 Å². The first-order chi connectivity index (χ1) is 12.8. The topological polar surface area (TPSA) is 70.2 Å². The molecule has 0 spiro atoms. The van der Waals surface area contributed by atoms with Gasteiger partial charge < -0.3 is 15.0 Å². The van der Waals surface area contributed by atoms with Gasteiger partial charge in [0, 0.05) is 17.6 Å². The van der Waals surface area contributed by atoms with Gasteiger partial charge in [0.15, 0.2) is 0 Å². The van der Waals surface area contributed by atoms with Gasteiger partial charge in [-0.3, -0.25) is 4.90 Å². The Balaban J connectivity index is 1.81. The average Bonchev–Trinajstić information content (AvgIpc) is 3.24. The molecular weight excluding hydrogens is 408 g/mol. The van der Waals surface area contributed by atoms with E-state index in [1.54, 1.807) is 4.90 Å². The monoisotopic (exact) mass is 434 g/mol. The van der Waals surface area contributed by atoms with Crippen molar-refractivity contribution in [2.24, 2.45) is 0 Å². The van der Waals surface area contributed by atoms with Crippen LogP contribution in [-0.4, -0.2) is 40.2 Å². The molecule has 0 unspecified atom stereocenters. The molecule has 1 aliphatic heterocycles. The molecule has 2 N–H and O–H groups in total. The van der Waals surface area contributed by atoms with Crippen LogP contribution in [0.25, 0.3) is 11.3 Å². The molecule has 2 aromatic rings. The van der Waals surface area contributed by atoms with E-state index >= 15 is 0 Å². The van der Waals surface area contributed by atoms with Crippen LogP contribution in [0.1, 0.15) is 51.0 Å². The Bertz CT molecular complexity index is 813. The molecule has 2 heterocycles. The largest absolute Gasteiger partial charge is 0.444 e. The van der Waals surface area contributed by atoms with Crippen LogP contribution in [0.4, 0.5) is 4.79 Å². The number of rotatable bonds is 4. The first kappa shape index (κ1) is 19.9. The van der Waals surface area contributed by atoms with Crippen LogP contribution in [0.2, 0.25) is 0 Å². The number of aromatic nitrogens is 2. The number of ether oxygens (including phenoxy) is 1. The van der Waals surface area contributed by atoms with Crippen molar-refractivity contribution in [1.82, 2.24) is 20.2 Å². The number of H-pyrrole nitrogens is 1. The highest BCUT2D eigenvalue weighted by molar-refractivity contribution is 9.10. The Labute approximate surface area is 168 Å². The number of nitrogens with zero attached hydrogens (tertiary/aromatic N) is 2. The van der Waals surface area contributed by atoms with Gasteiger partial charge >= 0.3 is 6.09 Å². The minimum atomic E-state index is -0.500. The second kappa shape index (κ2) is 8.02. The lowest BCUT2D eigenvalue weighted by molar-refractivity contribution is 0.0219. The third-order valence-electron chi connectivity index (χ3n) is 4.52. The molecule has 1 amide bonds. The number of carbonyl (C=O) groups excluding carboxylic acids is 1. The highest BCUT2D eigenvalue weighted by Crippen LogP contribution is 2.33. The van der Waals surface area contributed by atoms with Crippen LogP contribution in [0.3, 0.4) is 0 Å². The Kier molecular flexibility index (Phi) is 5.91. The van der Waals surface area contributed by atoms with Crippen molar-refractivity contribution >= 4 is 22.0 Å². The number of hydrogen-bond donors (Lipinski definition) is 2. The van der Waals surface area contributed by atoms with Gasteiger partial charge in [-0.1, -0.05) is 22.0 Å². The Morgan fingerprint density at radius 3 is 2.93 bits per heavy atom. The molecule has 146 valence electrons. The Hall–Kier alpha value is -1.86. The van der Waals surface area contributed by atoms with Crippen LogP contribution in [-0.2, 0) is 11.3 Å². The van der Waals surface area contributed by atoms with E-state index in [1.165, 1.54) is 5.56 Å². The number of imidazole rings is 1. The Morgan fingerprint density at radius 1 is 1.44 bits per heavy atom. The standard InChI is InChI=1S/C20H27BrN4O2/c1-20(2,3)27-19(26)25-9-5-6-17(25)18-23-12-16(24-18)13-7-8-15(21)14(10-13)11-22-4/h7-8,10,12,17,22H,5-6,9,11H2,1-4H3,(H,23,24)/t17-/m0/s1. The number of aromatic amines is 1. The molecule has 0 aliphatic carbocycles. The minimum absolute atomic E-state index is 0.0687. The molecule has 7 heteroatoms. The fraction of sp³-hybridized carbons (Fsp3) is 0.500. The third kappa shape index (κ3) is 4.71. The molecule has 1 fully saturated rings. The number of carbonyl (C=O) groups is 1. The molecule has 0 radical (unpaired) electrons. The van der Waals surface area contributed by atoms with Crippen molar-refractivity contribution in [2.45, 2.75) is 51.8 Å². The summed E-state index contributed by atoms with van der Waals surface area (Å²) in [6, 6.07) is 6.17. The van der Waals surface area contributed by atoms with Gasteiger partial charge in [-0.05, 0) is 63.9 Å². The van der Waals surface area contributed by atoms with E-state index in [9.17, 15) is 4.79 Å². The first-order valence-electron chi connectivity index (χ1n) is 9.26. The lowest BCUT2D eigenvalue weighted by atomic mass is 10.1. The van der Waals surface area contributed by atoms with E-state index in [-0.39, 0.29) is 12.1 Å². The van der Waals surface area contributed by atoms with Gasteiger partial charge in [-0.25, -0.2) is 9.78 Å². The summed E-state index contributed by atoms with van der Waals surface area (Å²) in [5.74, 6) is 0.812. The highest BCUT2D eigenvalue weighted by Gasteiger charge is 2.34. The van der Waals surface area contributed by atoms with Crippen molar-refractivity contribution in [3.05, 3.63) is 40.3 Å². The molecule has 1 aromatic heterocycles. The van der Waals surface area contributed by atoms with Crippen molar-refractivity contribution in [3.8, 4) is 11.3 Å². The summed E-state index contributed by atoms with van der Waals surface area (Å²) >= 11 is 3.59. The molecule has 0 bridgehead atoms. The van der Waals surface area contributed by atoms with E-state index < -0.39 is 5.60 Å². The Morgan fingerprint density at radius 2 is 2.22 bits per heavy atom. The van der Waals surface area contributed by atoms with Gasteiger partial charge in [-0.15, -0.1) is 0 Å². The van der Waals surface area contributed by atoms with E-state index in [0.717, 1.165) is 40.9 Å². The lowest BCUT2D eigenvalue weighted by Crippen LogP contribution is -2.36. The first-order valence-corrected chi connectivity index (χ1v) is 10.1. The normalized spacial score (nSPS) is 17.4. The molecule has 1 saturated heterocycles. The quantitative estimate of drug-likeness (QED) is 0.735. The summed E-state index contributed by atoms with van der Waals surface area (Å²) in [5, 5.41) is 3.18. The second-order valence-corrected chi connectivity index (χ2v) is 8.70. The van der Waals surface area contributed by atoms with Crippen LogP contribution in [0.5, 0.6) is 0 Å². The summed E-state index contributed by atoms with van der Waals surface area (Å²) in [5.41, 5.74) is 2.71. The lowest BCUT2D eigenvalue weighted by Gasteiger charge is -2.27. The van der Waals surface area contributed by atoms with Gasteiger partial charge in [-0.2, -0.15) is 0 Å². The fourth-order valence-electron chi connectivity index (χ4n) is 3.31. The van der Waals surface area contributed by atoms with Crippen molar-refractivity contribution in [1.29, 1.82) is 0 Å². The van der Waals surface area contributed by atoms with Gasteiger partial charge in [0.2, 0.25) is 0 Å². The molecule has 6 nitrogen and oxygen atoms in total. The maximum Gasteiger partial charge on any atom is 0.410 e. The summed E-state index contributed by atoms with van der Waals surface area (Å²) in [6.45, 7) is 7.14. The van der Waals surface area contributed by atoms with Crippen LogP contribution in [0.15, 0.2) is 28.9 Å². The summed E-state index contributed by atoms with van der Waals surface area (Å²) in [7, 11) is 1.93. The summed E-state index contributed by atoms with van der Waals surface area (Å²) < 4.78 is 6.63. The number of likely N-dealkylation sites (tertiary alicyclic amines) is 1. The number of halogens is 1. The molecule has 1 atom stereocenters. The second-order valence-electron chi connectivity index (χ2n) is 7.85. The highest BCUT2D eigenvalue weighted by atomic mass is 79.9. The van der Waals surface area contributed by atoms with E-state index in [1.807, 2.05) is 40.1 Å². The molecular formula is C20H27BrN4O2. The van der Waals surface area contributed by atoms with Crippen molar-refractivity contribution < 1.29 is 9.53 Å². The zero-order chi connectivity index (χ0) is 19.6. The smallest absolute Gasteiger partial charge is 0.410 e. The fourth-order valence-corrected chi connectivity index (χ4v) is 3.70. The SMILES string of the molecule is CNCc1cc(-c2cnc([C@@H]3CCCN3C(=O)OC(C)(C)C)[nH]2)ccc1Br. The predicted octanol–water partition coefficient (Wildman–Crippen LogP) is 4.63. The van der Waals surface area contributed by atoms with Crippen LogP contribution >= 0.6 is 15.9 Å². The predicted molar refractivity (Wildman–Crippen MR) is 109 cm³/mol. The zero-order valence-electron chi connectivity index (χ0n) is 16.3.